The van der Waals surface area contributed by atoms with E-state index in [1.807, 2.05) is 11.6 Å². The Kier molecular flexibility index (Phi) is 2.71. The van der Waals surface area contributed by atoms with E-state index < -0.39 is 0 Å². The molecule has 1 rings (SSSR count). The van der Waals surface area contributed by atoms with Crippen molar-refractivity contribution in [3.8, 4) is 0 Å². The van der Waals surface area contributed by atoms with Crippen molar-refractivity contribution in [3.05, 3.63) is 12.7 Å². The molecular weight excluding hydrogens is 164 g/mol. The van der Waals surface area contributed by atoms with Gasteiger partial charge >= 0.3 is 0 Å². The molecule has 0 spiro atoms. The fourth-order valence-electron chi connectivity index (χ4n) is 1.79. The molecule has 2 N–H and O–H groups in total. The van der Waals surface area contributed by atoms with Gasteiger partial charge in [0.05, 0.1) is 6.04 Å². The SMILES string of the molecule is CC(N)C(n1cncn1)C(C)(C)C. The lowest BCUT2D eigenvalue weighted by molar-refractivity contribution is 0.196. The Morgan fingerprint density at radius 1 is 1.38 bits per heavy atom. The highest BCUT2D eigenvalue weighted by atomic mass is 15.3. The number of nitrogens with zero attached hydrogens (tertiary/aromatic N) is 3. The van der Waals surface area contributed by atoms with Crippen LogP contribution in [0.5, 0.6) is 0 Å². The van der Waals surface area contributed by atoms with Crippen LogP contribution in [0.1, 0.15) is 33.7 Å². The van der Waals surface area contributed by atoms with Crippen molar-refractivity contribution in [1.82, 2.24) is 14.8 Å². The molecule has 74 valence electrons. The van der Waals surface area contributed by atoms with Gasteiger partial charge in [-0.05, 0) is 12.3 Å². The van der Waals surface area contributed by atoms with Crippen LogP contribution in [0.2, 0.25) is 0 Å². The molecule has 4 heteroatoms. The second-order valence-corrected chi connectivity index (χ2v) is 4.55. The Labute approximate surface area is 79.2 Å². The molecule has 0 radical (unpaired) electrons. The third-order valence-electron chi connectivity index (χ3n) is 2.11. The van der Waals surface area contributed by atoms with E-state index in [0.29, 0.717) is 0 Å². The highest BCUT2D eigenvalue weighted by Crippen LogP contribution is 2.31. The molecule has 4 nitrogen and oxygen atoms in total. The zero-order valence-electron chi connectivity index (χ0n) is 8.73. The zero-order valence-corrected chi connectivity index (χ0v) is 8.73. The van der Waals surface area contributed by atoms with E-state index in [1.165, 1.54) is 0 Å². The Morgan fingerprint density at radius 3 is 2.31 bits per heavy atom. The van der Waals surface area contributed by atoms with Crippen LogP contribution >= 0.6 is 0 Å². The first-order valence-corrected chi connectivity index (χ1v) is 4.52. The summed E-state index contributed by atoms with van der Waals surface area (Å²) in [6.45, 7) is 8.46. The third-order valence-corrected chi connectivity index (χ3v) is 2.11. The predicted molar refractivity (Wildman–Crippen MR) is 52.2 cm³/mol. The molecule has 1 aromatic heterocycles. The van der Waals surface area contributed by atoms with Gasteiger partial charge in [0.15, 0.2) is 0 Å². The van der Waals surface area contributed by atoms with Gasteiger partial charge in [-0.1, -0.05) is 20.8 Å². The van der Waals surface area contributed by atoms with Crippen molar-refractivity contribution in [2.75, 3.05) is 0 Å². The van der Waals surface area contributed by atoms with E-state index >= 15 is 0 Å². The van der Waals surface area contributed by atoms with E-state index in [1.54, 1.807) is 12.7 Å². The Balaban J connectivity index is 2.94. The second kappa shape index (κ2) is 3.46. The first-order chi connectivity index (χ1) is 5.93. The van der Waals surface area contributed by atoms with Gasteiger partial charge in [-0.2, -0.15) is 5.10 Å². The monoisotopic (exact) mass is 182 g/mol. The van der Waals surface area contributed by atoms with E-state index in [4.69, 9.17) is 5.73 Å². The maximum absolute atomic E-state index is 5.93. The molecule has 2 atom stereocenters. The first kappa shape index (κ1) is 10.2. The highest BCUT2D eigenvalue weighted by Gasteiger charge is 2.29. The molecule has 1 heterocycles. The summed E-state index contributed by atoms with van der Waals surface area (Å²) in [5, 5.41) is 4.13. The summed E-state index contributed by atoms with van der Waals surface area (Å²) in [6.07, 6.45) is 3.26. The average molecular weight is 182 g/mol. The van der Waals surface area contributed by atoms with Crippen molar-refractivity contribution >= 4 is 0 Å². The normalized spacial score (nSPS) is 17.0. The molecule has 0 amide bonds. The van der Waals surface area contributed by atoms with Crippen LogP contribution in [-0.2, 0) is 0 Å². The molecule has 1 aromatic rings. The van der Waals surface area contributed by atoms with Gasteiger partial charge in [0.2, 0.25) is 0 Å². The van der Waals surface area contributed by atoms with E-state index in [-0.39, 0.29) is 17.5 Å². The first-order valence-electron chi connectivity index (χ1n) is 4.52. The Morgan fingerprint density at radius 2 is 2.00 bits per heavy atom. The van der Waals surface area contributed by atoms with Crippen molar-refractivity contribution in [3.63, 3.8) is 0 Å². The lowest BCUT2D eigenvalue weighted by Crippen LogP contribution is -2.38. The van der Waals surface area contributed by atoms with Crippen LogP contribution < -0.4 is 5.73 Å². The zero-order chi connectivity index (χ0) is 10.1. The molecule has 0 aliphatic rings. The maximum atomic E-state index is 5.93. The van der Waals surface area contributed by atoms with Gasteiger partial charge in [-0.3, -0.25) is 0 Å². The quantitative estimate of drug-likeness (QED) is 0.748. The van der Waals surface area contributed by atoms with E-state index in [9.17, 15) is 0 Å². The molecule has 2 unspecified atom stereocenters. The van der Waals surface area contributed by atoms with Gasteiger partial charge in [-0.25, -0.2) is 9.67 Å². The number of aromatic nitrogens is 3. The van der Waals surface area contributed by atoms with Gasteiger partial charge in [0.25, 0.3) is 0 Å². The highest BCUT2D eigenvalue weighted by molar-refractivity contribution is 4.85. The molecule has 0 bridgehead atoms. The molecule has 0 saturated heterocycles. The Hall–Kier alpha value is -0.900. The summed E-state index contributed by atoms with van der Waals surface area (Å²) in [6, 6.07) is 0.261. The van der Waals surface area contributed by atoms with Gasteiger partial charge in [0, 0.05) is 6.04 Å². The molecule has 0 saturated carbocycles. The topological polar surface area (TPSA) is 56.7 Å². The number of hydrogen-bond donors (Lipinski definition) is 1. The molecule has 0 aromatic carbocycles. The number of rotatable bonds is 2. The molecule has 0 aliphatic heterocycles. The van der Waals surface area contributed by atoms with Gasteiger partial charge in [0.1, 0.15) is 12.7 Å². The van der Waals surface area contributed by atoms with Gasteiger partial charge < -0.3 is 5.73 Å². The summed E-state index contributed by atoms with van der Waals surface area (Å²) >= 11 is 0. The molecule has 0 fully saturated rings. The molecular formula is C9H18N4. The average Bonchev–Trinajstić information content (AvgIpc) is 2.34. The summed E-state index contributed by atoms with van der Waals surface area (Å²) in [5.74, 6) is 0. The smallest absolute Gasteiger partial charge is 0.137 e. The minimum absolute atomic E-state index is 0.0710. The van der Waals surface area contributed by atoms with Crippen molar-refractivity contribution < 1.29 is 0 Å². The fraction of sp³-hybridized carbons (Fsp3) is 0.778. The molecule has 13 heavy (non-hydrogen) atoms. The number of nitrogens with two attached hydrogens (primary N) is 1. The lowest BCUT2D eigenvalue weighted by Gasteiger charge is -2.33. The fourth-order valence-corrected chi connectivity index (χ4v) is 1.79. The minimum atomic E-state index is 0.0710. The maximum Gasteiger partial charge on any atom is 0.137 e. The van der Waals surface area contributed by atoms with Crippen LogP contribution in [0, 0.1) is 5.41 Å². The molecule has 0 aliphatic carbocycles. The van der Waals surface area contributed by atoms with Crippen LogP contribution in [0.25, 0.3) is 0 Å². The standard InChI is InChI=1S/C9H18N4/c1-7(10)8(9(2,3)4)13-6-11-5-12-13/h5-8H,10H2,1-4H3. The van der Waals surface area contributed by atoms with Crippen LogP contribution in [0.4, 0.5) is 0 Å². The van der Waals surface area contributed by atoms with Crippen molar-refractivity contribution in [1.29, 1.82) is 0 Å². The van der Waals surface area contributed by atoms with Gasteiger partial charge in [-0.15, -0.1) is 0 Å². The second-order valence-electron chi connectivity index (χ2n) is 4.55. The summed E-state index contributed by atoms with van der Waals surface area (Å²) in [4.78, 5) is 3.94. The third kappa shape index (κ3) is 2.28. The summed E-state index contributed by atoms with van der Waals surface area (Å²) in [7, 11) is 0. The summed E-state index contributed by atoms with van der Waals surface area (Å²) < 4.78 is 1.84. The van der Waals surface area contributed by atoms with Crippen molar-refractivity contribution in [2.45, 2.75) is 39.8 Å². The number of hydrogen-bond acceptors (Lipinski definition) is 3. The van der Waals surface area contributed by atoms with E-state index in [2.05, 4.69) is 30.9 Å². The van der Waals surface area contributed by atoms with Crippen LogP contribution in [-0.4, -0.2) is 20.8 Å². The van der Waals surface area contributed by atoms with Crippen molar-refractivity contribution in [2.24, 2.45) is 11.1 Å². The van der Waals surface area contributed by atoms with Crippen LogP contribution in [0.15, 0.2) is 12.7 Å². The van der Waals surface area contributed by atoms with E-state index in [0.717, 1.165) is 0 Å². The lowest BCUT2D eigenvalue weighted by atomic mass is 9.83. The predicted octanol–water partition coefficient (Wildman–Crippen LogP) is 1.21. The largest absolute Gasteiger partial charge is 0.326 e. The van der Waals surface area contributed by atoms with Crippen LogP contribution in [0.3, 0.4) is 0 Å². The minimum Gasteiger partial charge on any atom is -0.326 e. The Bertz CT molecular complexity index is 245. The summed E-state index contributed by atoms with van der Waals surface area (Å²) in [5.41, 5.74) is 6.02.